The number of hydrogen-bond donors (Lipinski definition) is 1. The van der Waals surface area contributed by atoms with Crippen molar-refractivity contribution in [1.29, 1.82) is 0 Å². The normalized spacial score (nSPS) is 18.5. The standard InChI is InChI=1S/C18H18N2O.ClH/c19-16-8-3-9-17-14(16)7-4-10-20(17)18(21)15-11-12-5-1-2-6-13(12)15;/h1-3,5-6,8-9,15H,4,7,10-11,19H2;1H. The molecule has 0 saturated heterocycles. The molecule has 0 fully saturated rings. The third-order valence-corrected chi connectivity index (χ3v) is 4.71. The van der Waals surface area contributed by atoms with Crippen molar-refractivity contribution < 1.29 is 4.79 Å². The Morgan fingerprint density at radius 1 is 1.14 bits per heavy atom. The maximum Gasteiger partial charge on any atom is 0.234 e. The number of nitrogen functional groups attached to an aromatic ring is 1. The molecule has 1 atom stereocenters. The van der Waals surface area contributed by atoms with Crippen LogP contribution in [0.25, 0.3) is 0 Å². The van der Waals surface area contributed by atoms with Crippen molar-refractivity contribution >= 4 is 29.7 Å². The zero-order valence-corrected chi connectivity index (χ0v) is 13.1. The molecule has 1 aliphatic carbocycles. The molecule has 2 N–H and O–H groups in total. The molecule has 114 valence electrons. The van der Waals surface area contributed by atoms with Crippen LogP contribution in [0.3, 0.4) is 0 Å². The molecular weight excluding hydrogens is 296 g/mol. The average molecular weight is 315 g/mol. The van der Waals surface area contributed by atoms with E-state index in [1.807, 2.05) is 35.2 Å². The van der Waals surface area contributed by atoms with Gasteiger partial charge in [-0.25, -0.2) is 0 Å². The van der Waals surface area contributed by atoms with Crippen molar-refractivity contribution in [3.05, 3.63) is 59.2 Å². The van der Waals surface area contributed by atoms with E-state index in [0.29, 0.717) is 0 Å². The van der Waals surface area contributed by atoms with Crippen molar-refractivity contribution in [3.63, 3.8) is 0 Å². The Bertz CT molecular complexity index is 729. The maximum atomic E-state index is 12.9. The number of nitrogens with zero attached hydrogens (tertiary/aromatic N) is 1. The fourth-order valence-corrected chi connectivity index (χ4v) is 3.55. The van der Waals surface area contributed by atoms with Crippen LogP contribution in [0.4, 0.5) is 11.4 Å². The largest absolute Gasteiger partial charge is 0.398 e. The van der Waals surface area contributed by atoms with Gasteiger partial charge in [0.05, 0.1) is 5.92 Å². The second kappa shape index (κ2) is 5.65. The number of fused-ring (bicyclic) bond motifs is 2. The van der Waals surface area contributed by atoms with E-state index in [0.717, 1.165) is 42.7 Å². The number of carbonyl (C=O) groups is 1. The molecule has 22 heavy (non-hydrogen) atoms. The molecule has 2 aliphatic rings. The highest BCUT2D eigenvalue weighted by molar-refractivity contribution is 6.01. The number of amides is 1. The number of hydrogen-bond acceptors (Lipinski definition) is 2. The van der Waals surface area contributed by atoms with E-state index in [1.54, 1.807) is 0 Å². The van der Waals surface area contributed by atoms with Gasteiger partial charge in [-0.2, -0.15) is 0 Å². The van der Waals surface area contributed by atoms with E-state index in [9.17, 15) is 4.79 Å². The summed E-state index contributed by atoms with van der Waals surface area (Å²) in [7, 11) is 0. The van der Waals surface area contributed by atoms with E-state index in [1.165, 1.54) is 11.1 Å². The van der Waals surface area contributed by atoms with Gasteiger partial charge in [-0.15, -0.1) is 12.4 Å². The molecule has 0 aromatic heterocycles. The lowest BCUT2D eigenvalue weighted by Gasteiger charge is -2.37. The minimum absolute atomic E-state index is 0. The SMILES string of the molecule is Cl.Nc1cccc2c1CCCN2C(=O)C1Cc2ccccc21. The summed E-state index contributed by atoms with van der Waals surface area (Å²) in [6, 6.07) is 14.1. The van der Waals surface area contributed by atoms with E-state index < -0.39 is 0 Å². The quantitative estimate of drug-likeness (QED) is 0.821. The molecule has 0 bridgehead atoms. The van der Waals surface area contributed by atoms with E-state index in [2.05, 4.69) is 12.1 Å². The Hall–Kier alpha value is -2.00. The molecule has 0 saturated carbocycles. The zero-order valence-electron chi connectivity index (χ0n) is 12.3. The van der Waals surface area contributed by atoms with Gasteiger partial charge in [0.2, 0.25) is 5.91 Å². The lowest BCUT2D eigenvalue weighted by atomic mass is 9.76. The molecular formula is C18H19ClN2O. The van der Waals surface area contributed by atoms with Gasteiger partial charge in [-0.3, -0.25) is 4.79 Å². The van der Waals surface area contributed by atoms with E-state index in [-0.39, 0.29) is 24.2 Å². The van der Waals surface area contributed by atoms with Crippen molar-refractivity contribution in [1.82, 2.24) is 0 Å². The average Bonchev–Trinajstić information content (AvgIpc) is 2.48. The van der Waals surface area contributed by atoms with Crippen molar-refractivity contribution in [3.8, 4) is 0 Å². The van der Waals surface area contributed by atoms with Crippen LogP contribution in [0, 0.1) is 0 Å². The molecule has 1 unspecified atom stereocenters. The number of carbonyl (C=O) groups excluding carboxylic acids is 1. The Labute approximate surface area is 136 Å². The van der Waals surface area contributed by atoms with Gasteiger partial charge >= 0.3 is 0 Å². The minimum atomic E-state index is 0. The predicted octanol–water partition coefficient (Wildman–Crippen LogP) is 3.31. The molecule has 3 nitrogen and oxygen atoms in total. The molecule has 1 heterocycles. The Morgan fingerprint density at radius 2 is 1.95 bits per heavy atom. The fraction of sp³-hybridized carbons (Fsp3) is 0.278. The third kappa shape index (κ3) is 2.17. The molecule has 1 amide bonds. The van der Waals surface area contributed by atoms with Gasteiger partial charge in [-0.05, 0) is 48.1 Å². The zero-order chi connectivity index (χ0) is 14.4. The molecule has 1 aliphatic heterocycles. The van der Waals surface area contributed by atoms with E-state index in [4.69, 9.17) is 5.73 Å². The number of halogens is 1. The van der Waals surface area contributed by atoms with Crippen LogP contribution in [-0.2, 0) is 17.6 Å². The highest BCUT2D eigenvalue weighted by Crippen LogP contribution is 2.39. The van der Waals surface area contributed by atoms with Crippen LogP contribution in [0.15, 0.2) is 42.5 Å². The summed E-state index contributed by atoms with van der Waals surface area (Å²) < 4.78 is 0. The highest BCUT2D eigenvalue weighted by Gasteiger charge is 2.36. The molecule has 2 aromatic carbocycles. The van der Waals surface area contributed by atoms with Gasteiger partial charge < -0.3 is 10.6 Å². The van der Waals surface area contributed by atoms with Crippen LogP contribution >= 0.6 is 12.4 Å². The summed E-state index contributed by atoms with van der Waals surface area (Å²) in [5.74, 6) is 0.244. The summed E-state index contributed by atoms with van der Waals surface area (Å²) in [4.78, 5) is 14.8. The first-order valence-corrected chi connectivity index (χ1v) is 7.52. The van der Waals surface area contributed by atoms with Crippen LogP contribution in [0.5, 0.6) is 0 Å². The minimum Gasteiger partial charge on any atom is -0.398 e. The van der Waals surface area contributed by atoms with Gasteiger partial charge in [0, 0.05) is 17.9 Å². The molecule has 0 radical (unpaired) electrons. The monoisotopic (exact) mass is 314 g/mol. The molecule has 4 rings (SSSR count). The third-order valence-electron chi connectivity index (χ3n) is 4.71. The first-order chi connectivity index (χ1) is 10.3. The van der Waals surface area contributed by atoms with Crippen molar-refractivity contribution in [2.24, 2.45) is 0 Å². The number of anilines is 2. The van der Waals surface area contributed by atoms with Crippen LogP contribution in [-0.4, -0.2) is 12.5 Å². The van der Waals surface area contributed by atoms with E-state index >= 15 is 0 Å². The first kappa shape index (κ1) is 14.9. The number of benzene rings is 2. The topological polar surface area (TPSA) is 46.3 Å². The van der Waals surface area contributed by atoms with Gasteiger partial charge in [0.15, 0.2) is 0 Å². The lowest BCUT2D eigenvalue weighted by Crippen LogP contribution is -2.42. The fourth-order valence-electron chi connectivity index (χ4n) is 3.55. The maximum absolute atomic E-state index is 12.9. The Morgan fingerprint density at radius 3 is 2.77 bits per heavy atom. The second-order valence-corrected chi connectivity index (χ2v) is 5.89. The number of rotatable bonds is 1. The first-order valence-electron chi connectivity index (χ1n) is 7.52. The Balaban J connectivity index is 0.00000144. The summed E-state index contributed by atoms with van der Waals surface area (Å²) in [6.45, 7) is 0.800. The smallest absolute Gasteiger partial charge is 0.234 e. The molecule has 0 spiro atoms. The van der Waals surface area contributed by atoms with Gasteiger partial charge in [0.1, 0.15) is 0 Å². The van der Waals surface area contributed by atoms with Crippen LogP contribution in [0.2, 0.25) is 0 Å². The van der Waals surface area contributed by atoms with Gasteiger partial charge in [-0.1, -0.05) is 30.3 Å². The van der Waals surface area contributed by atoms with Gasteiger partial charge in [0.25, 0.3) is 0 Å². The summed E-state index contributed by atoms with van der Waals surface area (Å²) in [6.07, 6.45) is 2.82. The second-order valence-electron chi connectivity index (χ2n) is 5.89. The Kier molecular flexibility index (Phi) is 3.83. The van der Waals surface area contributed by atoms with Crippen molar-refractivity contribution in [2.75, 3.05) is 17.2 Å². The summed E-state index contributed by atoms with van der Waals surface area (Å²) in [5, 5.41) is 0. The summed E-state index contributed by atoms with van der Waals surface area (Å²) in [5.41, 5.74) is 11.5. The summed E-state index contributed by atoms with van der Waals surface area (Å²) >= 11 is 0. The van der Waals surface area contributed by atoms with Crippen molar-refractivity contribution in [2.45, 2.75) is 25.2 Å². The highest BCUT2D eigenvalue weighted by atomic mass is 35.5. The predicted molar refractivity (Wildman–Crippen MR) is 91.7 cm³/mol. The lowest BCUT2D eigenvalue weighted by molar-refractivity contribution is -0.120. The number of nitrogens with two attached hydrogens (primary N) is 1. The molecule has 4 heteroatoms. The van der Waals surface area contributed by atoms with Crippen LogP contribution in [0.1, 0.15) is 29.0 Å². The van der Waals surface area contributed by atoms with Crippen LogP contribution < -0.4 is 10.6 Å². The molecule has 2 aromatic rings.